The summed E-state index contributed by atoms with van der Waals surface area (Å²) in [5.41, 5.74) is 4.41. The van der Waals surface area contributed by atoms with Gasteiger partial charge in [0.15, 0.2) is 0 Å². The number of hydrogen-bond donors (Lipinski definition) is 1. The van der Waals surface area contributed by atoms with E-state index < -0.39 is 6.04 Å². The molecule has 0 aliphatic heterocycles. The molecule has 1 saturated carbocycles. The second-order valence-corrected chi connectivity index (χ2v) is 10.5. The molecule has 3 aromatic carbocycles. The predicted octanol–water partition coefficient (Wildman–Crippen LogP) is 6.16. The molecule has 0 unspecified atom stereocenters. The Kier molecular flexibility index (Phi) is 9.97. The van der Waals surface area contributed by atoms with Crippen LogP contribution in [0.1, 0.15) is 60.8 Å². The van der Waals surface area contributed by atoms with Crippen molar-refractivity contribution in [3.05, 3.63) is 101 Å². The Bertz CT molecular complexity index is 1150. The molecule has 1 N–H and O–H groups in total. The summed E-state index contributed by atoms with van der Waals surface area (Å²) in [6, 6.07) is 25.7. The van der Waals surface area contributed by atoms with Crippen LogP contribution in [-0.2, 0) is 22.6 Å². The van der Waals surface area contributed by atoms with Crippen molar-refractivity contribution >= 4 is 11.8 Å². The number of ether oxygens (including phenoxy) is 1. The molecule has 1 atom stereocenters. The van der Waals surface area contributed by atoms with Gasteiger partial charge < -0.3 is 15.0 Å². The molecule has 5 heteroatoms. The molecule has 0 aromatic heterocycles. The molecular weight excluding hydrogens is 472 g/mol. The summed E-state index contributed by atoms with van der Waals surface area (Å²) in [6.45, 7) is 4.94. The van der Waals surface area contributed by atoms with Crippen LogP contribution in [0.15, 0.2) is 78.9 Å². The summed E-state index contributed by atoms with van der Waals surface area (Å²) in [6.07, 6.45) is 5.68. The molecule has 3 aromatic rings. The number of hydrogen-bond acceptors (Lipinski definition) is 3. The molecule has 0 saturated heterocycles. The Hall–Kier alpha value is -3.60. The van der Waals surface area contributed by atoms with E-state index in [0.29, 0.717) is 32.4 Å². The van der Waals surface area contributed by atoms with Gasteiger partial charge in [-0.25, -0.2) is 0 Å². The Morgan fingerprint density at radius 2 is 1.50 bits per heavy atom. The minimum Gasteiger partial charge on any atom is -0.494 e. The SMILES string of the molecule is Cc1ccc(CN(C(=O)CCCOc2ccc(C)cc2)[C@@H](Cc2ccccc2)C(=O)NC2CCCC2)cc1. The highest BCUT2D eigenvalue weighted by Gasteiger charge is 2.31. The van der Waals surface area contributed by atoms with Crippen molar-refractivity contribution in [2.24, 2.45) is 0 Å². The van der Waals surface area contributed by atoms with Gasteiger partial charge in [-0.3, -0.25) is 9.59 Å². The van der Waals surface area contributed by atoms with Crippen molar-refractivity contribution in [2.45, 2.75) is 77.4 Å². The molecule has 200 valence electrons. The summed E-state index contributed by atoms with van der Waals surface area (Å²) in [5.74, 6) is 0.718. The third-order valence-electron chi connectivity index (χ3n) is 7.27. The van der Waals surface area contributed by atoms with Gasteiger partial charge in [0.2, 0.25) is 11.8 Å². The zero-order valence-electron chi connectivity index (χ0n) is 22.7. The molecule has 4 rings (SSSR count). The maximum Gasteiger partial charge on any atom is 0.243 e. The van der Waals surface area contributed by atoms with Crippen molar-refractivity contribution < 1.29 is 14.3 Å². The molecule has 0 heterocycles. The van der Waals surface area contributed by atoms with Crippen LogP contribution < -0.4 is 10.1 Å². The van der Waals surface area contributed by atoms with E-state index in [1.165, 1.54) is 11.1 Å². The van der Waals surface area contributed by atoms with Crippen LogP contribution in [-0.4, -0.2) is 35.4 Å². The van der Waals surface area contributed by atoms with Crippen molar-refractivity contribution in [1.82, 2.24) is 10.2 Å². The van der Waals surface area contributed by atoms with E-state index >= 15 is 0 Å². The van der Waals surface area contributed by atoms with Crippen molar-refractivity contribution in [1.29, 1.82) is 0 Å². The largest absolute Gasteiger partial charge is 0.494 e. The number of carbonyl (C=O) groups is 2. The van der Waals surface area contributed by atoms with Crippen LogP contribution in [0, 0.1) is 13.8 Å². The van der Waals surface area contributed by atoms with Crippen LogP contribution in [0.5, 0.6) is 5.75 Å². The molecule has 0 bridgehead atoms. The molecule has 5 nitrogen and oxygen atoms in total. The van der Waals surface area contributed by atoms with Crippen LogP contribution in [0.25, 0.3) is 0 Å². The molecule has 0 radical (unpaired) electrons. The smallest absolute Gasteiger partial charge is 0.243 e. The Morgan fingerprint density at radius 3 is 2.16 bits per heavy atom. The van der Waals surface area contributed by atoms with E-state index in [9.17, 15) is 9.59 Å². The zero-order valence-corrected chi connectivity index (χ0v) is 22.7. The fourth-order valence-corrected chi connectivity index (χ4v) is 5.00. The predicted molar refractivity (Wildman–Crippen MR) is 152 cm³/mol. The van der Waals surface area contributed by atoms with Crippen molar-refractivity contribution in [3.8, 4) is 5.75 Å². The lowest BCUT2D eigenvalue weighted by molar-refractivity contribution is -0.141. The number of nitrogens with one attached hydrogen (secondary N) is 1. The van der Waals surface area contributed by atoms with Crippen LogP contribution >= 0.6 is 0 Å². The summed E-state index contributed by atoms with van der Waals surface area (Å²) >= 11 is 0. The third kappa shape index (κ3) is 8.20. The topological polar surface area (TPSA) is 58.6 Å². The quantitative estimate of drug-likeness (QED) is 0.296. The Balaban J connectivity index is 1.50. The summed E-state index contributed by atoms with van der Waals surface area (Å²) < 4.78 is 5.86. The van der Waals surface area contributed by atoms with Gasteiger partial charge in [-0.2, -0.15) is 0 Å². The van der Waals surface area contributed by atoms with Crippen molar-refractivity contribution in [2.75, 3.05) is 6.61 Å². The highest BCUT2D eigenvalue weighted by atomic mass is 16.5. The van der Waals surface area contributed by atoms with Gasteiger partial charge in [-0.05, 0) is 56.4 Å². The highest BCUT2D eigenvalue weighted by molar-refractivity contribution is 5.88. The molecule has 38 heavy (non-hydrogen) atoms. The number of nitrogens with zero attached hydrogens (tertiary/aromatic N) is 1. The second-order valence-electron chi connectivity index (χ2n) is 10.5. The lowest BCUT2D eigenvalue weighted by Crippen LogP contribution is -2.52. The van der Waals surface area contributed by atoms with Crippen LogP contribution in [0.2, 0.25) is 0 Å². The first-order chi connectivity index (χ1) is 18.5. The lowest BCUT2D eigenvalue weighted by Gasteiger charge is -2.32. The Labute approximate surface area is 227 Å². The molecule has 2 amide bonds. The Morgan fingerprint density at radius 1 is 0.868 bits per heavy atom. The number of rotatable bonds is 12. The van der Waals surface area contributed by atoms with Gasteiger partial charge in [0.05, 0.1) is 6.61 Å². The lowest BCUT2D eigenvalue weighted by atomic mass is 10.0. The summed E-state index contributed by atoms with van der Waals surface area (Å²) in [5, 5.41) is 3.27. The first-order valence-corrected chi connectivity index (χ1v) is 13.9. The number of amides is 2. The zero-order chi connectivity index (χ0) is 26.7. The van der Waals surface area contributed by atoms with Crippen molar-refractivity contribution in [3.63, 3.8) is 0 Å². The van der Waals surface area contributed by atoms with E-state index in [1.54, 1.807) is 4.90 Å². The first-order valence-electron chi connectivity index (χ1n) is 13.9. The summed E-state index contributed by atoms with van der Waals surface area (Å²) in [7, 11) is 0. The molecule has 0 spiro atoms. The highest BCUT2D eigenvalue weighted by Crippen LogP contribution is 2.21. The fourth-order valence-electron chi connectivity index (χ4n) is 5.00. The third-order valence-corrected chi connectivity index (χ3v) is 7.27. The maximum atomic E-state index is 13.7. The first kappa shape index (κ1) is 27.4. The standard InChI is InChI=1S/C33H40N2O3/c1-25-14-18-28(19-15-25)24-35(32(36)13-8-22-38-30-20-16-26(2)17-21-30)31(23-27-9-4-3-5-10-27)33(37)34-29-11-6-7-12-29/h3-5,9-10,14-21,29,31H,6-8,11-13,22-24H2,1-2H3,(H,34,37)/t31-/m0/s1. The van der Waals surface area contributed by atoms with Gasteiger partial charge in [0.25, 0.3) is 0 Å². The fraction of sp³-hybridized carbons (Fsp3) is 0.394. The van der Waals surface area contributed by atoms with Gasteiger partial charge in [0.1, 0.15) is 11.8 Å². The summed E-state index contributed by atoms with van der Waals surface area (Å²) in [4.78, 5) is 29.2. The van der Waals surface area contributed by atoms with Gasteiger partial charge in [-0.15, -0.1) is 0 Å². The number of carbonyl (C=O) groups excluding carboxylic acids is 2. The minimum absolute atomic E-state index is 0.0272. The normalized spacial score (nSPS) is 14.2. The van der Waals surface area contributed by atoms with E-state index in [-0.39, 0.29) is 17.9 Å². The van der Waals surface area contributed by atoms with E-state index in [4.69, 9.17) is 4.74 Å². The monoisotopic (exact) mass is 512 g/mol. The van der Waals surface area contributed by atoms with Gasteiger partial charge in [0, 0.05) is 25.4 Å². The van der Waals surface area contributed by atoms with Crippen LogP contribution in [0.3, 0.4) is 0 Å². The van der Waals surface area contributed by atoms with Gasteiger partial charge >= 0.3 is 0 Å². The minimum atomic E-state index is -0.579. The van der Waals surface area contributed by atoms with Crippen LogP contribution in [0.4, 0.5) is 0 Å². The van der Waals surface area contributed by atoms with Gasteiger partial charge in [-0.1, -0.05) is 90.7 Å². The molecule has 1 fully saturated rings. The maximum absolute atomic E-state index is 13.7. The van der Waals surface area contributed by atoms with E-state index in [1.807, 2.05) is 80.6 Å². The molecular formula is C33H40N2O3. The average molecular weight is 513 g/mol. The molecule has 1 aliphatic rings. The second kappa shape index (κ2) is 13.8. The number of aryl methyl sites for hydroxylation is 2. The van der Waals surface area contributed by atoms with E-state index in [0.717, 1.165) is 42.6 Å². The van der Waals surface area contributed by atoms with E-state index in [2.05, 4.69) is 17.4 Å². The number of benzene rings is 3. The average Bonchev–Trinajstić information content (AvgIpc) is 3.44. The molecule has 1 aliphatic carbocycles.